The third kappa shape index (κ3) is 2.09. The molecule has 1 aromatic heterocycles. The monoisotopic (exact) mass is 294 g/mol. The number of hydrogen-bond acceptors (Lipinski definition) is 6. The van der Waals surface area contributed by atoms with Crippen LogP contribution in [0.1, 0.15) is 32.1 Å². The van der Waals surface area contributed by atoms with Gasteiger partial charge in [0.2, 0.25) is 11.0 Å². The van der Waals surface area contributed by atoms with Crippen LogP contribution in [-0.2, 0) is 9.53 Å². The van der Waals surface area contributed by atoms with E-state index in [4.69, 9.17) is 4.74 Å². The van der Waals surface area contributed by atoms with E-state index < -0.39 is 0 Å². The fourth-order valence-electron chi connectivity index (χ4n) is 3.17. The van der Waals surface area contributed by atoms with Gasteiger partial charge in [0.25, 0.3) is 0 Å². The van der Waals surface area contributed by atoms with Gasteiger partial charge in [-0.15, -0.1) is 10.2 Å². The molecule has 1 aliphatic carbocycles. The molecule has 0 aromatic carbocycles. The van der Waals surface area contributed by atoms with E-state index in [2.05, 4.69) is 20.4 Å². The smallest absolute Gasteiger partial charge is 0.249 e. The minimum absolute atomic E-state index is 0.0842. The van der Waals surface area contributed by atoms with Crippen LogP contribution in [0.5, 0.6) is 0 Å². The van der Waals surface area contributed by atoms with E-state index >= 15 is 0 Å². The van der Waals surface area contributed by atoms with Gasteiger partial charge in [0.1, 0.15) is 17.2 Å². The van der Waals surface area contributed by atoms with E-state index in [1.54, 1.807) is 16.8 Å². The molecule has 3 aliphatic rings. The van der Waals surface area contributed by atoms with E-state index in [-0.39, 0.29) is 17.6 Å². The molecule has 1 aromatic rings. The van der Waals surface area contributed by atoms with Crippen LogP contribution in [0.3, 0.4) is 0 Å². The molecule has 2 saturated heterocycles. The predicted octanol–water partition coefficient (Wildman–Crippen LogP) is 0.945. The number of ether oxygens (including phenoxy) is 1. The number of amides is 1. The van der Waals surface area contributed by atoms with E-state index in [9.17, 15) is 4.79 Å². The summed E-state index contributed by atoms with van der Waals surface area (Å²) >= 11 is 1.54. The summed E-state index contributed by atoms with van der Waals surface area (Å²) in [6.07, 6.45) is 5.01. The zero-order chi connectivity index (χ0) is 13.6. The highest BCUT2D eigenvalue weighted by Crippen LogP contribution is 2.40. The molecular formula is C13H18N4O2S. The fourth-order valence-corrected chi connectivity index (χ4v) is 3.73. The molecule has 20 heavy (non-hydrogen) atoms. The van der Waals surface area contributed by atoms with Crippen molar-refractivity contribution in [2.75, 3.05) is 18.0 Å². The average Bonchev–Trinajstić information content (AvgIpc) is 2.99. The first kappa shape index (κ1) is 12.5. The molecular weight excluding hydrogens is 276 g/mol. The molecule has 1 N–H and O–H groups in total. The van der Waals surface area contributed by atoms with Crippen LogP contribution in [0.2, 0.25) is 0 Å². The van der Waals surface area contributed by atoms with Crippen LogP contribution in [0.25, 0.3) is 0 Å². The van der Waals surface area contributed by atoms with Crippen molar-refractivity contribution in [3.63, 3.8) is 0 Å². The molecule has 3 heterocycles. The lowest BCUT2D eigenvalue weighted by Gasteiger charge is -2.47. The molecule has 2 aliphatic heterocycles. The number of rotatable bonds is 3. The Labute approximate surface area is 121 Å². The van der Waals surface area contributed by atoms with Crippen LogP contribution in [0.15, 0.2) is 5.51 Å². The second kappa shape index (κ2) is 4.66. The molecule has 1 spiro atoms. The van der Waals surface area contributed by atoms with Crippen molar-refractivity contribution in [2.24, 2.45) is 0 Å². The first-order valence-electron chi connectivity index (χ1n) is 7.23. The number of carbonyl (C=O) groups is 1. The van der Waals surface area contributed by atoms with Gasteiger partial charge in [-0.25, -0.2) is 0 Å². The molecule has 3 fully saturated rings. The Bertz CT molecular complexity index is 496. The van der Waals surface area contributed by atoms with Gasteiger partial charge in [0.15, 0.2) is 0 Å². The number of anilines is 1. The number of hydrogen-bond donors (Lipinski definition) is 1. The number of carbonyl (C=O) groups excluding carboxylic acids is 1. The summed E-state index contributed by atoms with van der Waals surface area (Å²) in [5.41, 5.74) is 1.61. The van der Waals surface area contributed by atoms with Gasteiger partial charge >= 0.3 is 0 Å². The second-order valence-corrected chi connectivity index (χ2v) is 6.85. The zero-order valence-electron chi connectivity index (χ0n) is 11.2. The summed E-state index contributed by atoms with van der Waals surface area (Å²) in [6, 6.07) is 0.391. The maximum absolute atomic E-state index is 12.1. The summed E-state index contributed by atoms with van der Waals surface area (Å²) in [5.74, 6) is 0.0842. The van der Waals surface area contributed by atoms with E-state index in [1.807, 2.05) is 0 Å². The van der Waals surface area contributed by atoms with Crippen molar-refractivity contribution in [2.45, 2.75) is 49.9 Å². The van der Waals surface area contributed by atoms with Crippen molar-refractivity contribution >= 4 is 22.4 Å². The first-order chi connectivity index (χ1) is 9.74. The summed E-state index contributed by atoms with van der Waals surface area (Å²) in [7, 11) is 0. The maximum atomic E-state index is 12.1. The largest absolute Gasteiger partial charge is 0.358 e. The van der Waals surface area contributed by atoms with Crippen molar-refractivity contribution in [1.29, 1.82) is 0 Å². The molecule has 0 bridgehead atoms. The highest BCUT2D eigenvalue weighted by molar-refractivity contribution is 7.13. The molecule has 0 radical (unpaired) electrons. The number of nitrogens with one attached hydrogen (secondary N) is 1. The van der Waals surface area contributed by atoms with Crippen molar-refractivity contribution in [3.8, 4) is 0 Å². The molecule has 6 nitrogen and oxygen atoms in total. The van der Waals surface area contributed by atoms with Gasteiger partial charge in [-0.1, -0.05) is 11.3 Å². The standard InChI is InChI=1S/C13H18N4O2S/c18-11(15-9-2-1-3-9)10-4-5-13(19-10)6-17(7-13)12-16-14-8-20-12/h8-10H,1-7H2,(H,15,18)/t10-/m1/s1. The second-order valence-electron chi connectivity index (χ2n) is 6.04. The lowest BCUT2D eigenvalue weighted by atomic mass is 9.91. The molecule has 0 unspecified atom stereocenters. The van der Waals surface area contributed by atoms with Gasteiger partial charge in [0, 0.05) is 6.04 Å². The average molecular weight is 294 g/mol. The van der Waals surface area contributed by atoms with Gasteiger partial charge in [-0.2, -0.15) is 0 Å². The van der Waals surface area contributed by atoms with Crippen LogP contribution >= 0.6 is 11.3 Å². The predicted molar refractivity (Wildman–Crippen MR) is 74.7 cm³/mol. The van der Waals surface area contributed by atoms with Gasteiger partial charge in [-0.05, 0) is 32.1 Å². The van der Waals surface area contributed by atoms with Crippen molar-refractivity contribution < 1.29 is 9.53 Å². The van der Waals surface area contributed by atoms with E-state index in [0.717, 1.165) is 43.9 Å². The first-order valence-corrected chi connectivity index (χ1v) is 8.11. The Kier molecular flexibility index (Phi) is 2.92. The Morgan fingerprint density at radius 1 is 1.45 bits per heavy atom. The van der Waals surface area contributed by atoms with Crippen LogP contribution in [0, 0.1) is 0 Å². The summed E-state index contributed by atoms with van der Waals surface area (Å²) in [6.45, 7) is 1.66. The Hall–Kier alpha value is -1.21. The zero-order valence-corrected chi connectivity index (χ0v) is 12.1. The van der Waals surface area contributed by atoms with E-state index in [0.29, 0.717) is 6.04 Å². The highest BCUT2D eigenvalue weighted by Gasteiger charge is 2.52. The summed E-state index contributed by atoms with van der Waals surface area (Å²) in [5, 5.41) is 11.9. The minimum atomic E-state index is -0.257. The number of aromatic nitrogens is 2. The normalized spacial score (nSPS) is 28.2. The number of nitrogens with zero attached hydrogens (tertiary/aromatic N) is 3. The fraction of sp³-hybridized carbons (Fsp3) is 0.769. The van der Waals surface area contributed by atoms with Gasteiger partial charge in [0.05, 0.1) is 13.1 Å². The molecule has 1 saturated carbocycles. The molecule has 108 valence electrons. The van der Waals surface area contributed by atoms with Crippen molar-refractivity contribution in [1.82, 2.24) is 15.5 Å². The lowest BCUT2D eigenvalue weighted by Crippen LogP contribution is -2.62. The van der Waals surface area contributed by atoms with Crippen LogP contribution in [0.4, 0.5) is 5.13 Å². The Balaban J connectivity index is 1.31. The summed E-state index contributed by atoms with van der Waals surface area (Å²) < 4.78 is 6.05. The van der Waals surface area contributed by atoms with Crippen molar-refractivity contribution in [3.05, 3.63) is 5.51 Å². The lowest BCUT2D eigenvalue weighted by molar-refractivity contribution is -0.140. The third-order valence-corrected chi connectivity index (χ3v) is 5.33. The third-order valence-electron chi connectivity index (χ3n) is 4.58. The minimum Gasteiger partial charge on any atom is -0.358 e. The topological polar surface area (TPSA) is 67.4 Å². The Morgan fingerprint density at radius 3 is 2.95 bits per heavy atom. The molecule has 1 atom stereocenters. The van der Waals surface area contributed by atoms with Crippen LogP contribution in [-0.4, -0.2) is 46.9 Å². The van der Waals surface area contributed by atoms with Gasteiger partial charge in [-0.3, -0.25) is 4.79 Å². The van der Waals surface area contributed by atoms with Gasteiger partial charge < -0.3 is 15.0 Å². The molecule has 1 amide bonds. The van der Waals surface area contributed by atoms with E-state index in [1.165, 1.54) is 6.42 Å². The highest BCUT2D eigenvalue weighted by atomic mass is 32.1. The summed E-state index contributed by atoms with van der Waals surface area (Å²) in [4.78, 5) is 14.3. The Morgan fingerprint density at radius 2 is 2.30 bits per heavy atom. The SMILES string of the molecule is O=C(NC1CCC1)[C@H]1CCC2(CN(c3nncs3)C2)O1. The van der Waals surface area contributed by atoms with Crippen LogP contribution < -0.4 is 10.2 Å². The molecule has 7 heteroatoms. The quantitative estimate of drug-likeness (QED) is 0.899. The molecule has 4 rings (SSSR count). The maximum Gasteiger partial charge on any atom is 0.249 e.